The lowest BCUT2D eigenvalue weighted by Gasteiger charge is -2.24. The molecule has 2 aromatic carbocycles. The third-order valence-corrected chi connectivity index (χ3v) is 5.96. The van der Waals surface area contributed by atoms with Gasteiger partial charge in [0.2, 0.25) is 0 Å². The molecule has 6 heteroatoms. The maximum Gasteiger partial charge on any atom is 0.128 e. The first kappa shape index (κ1) is 30.6. The Kier molecular flexibility index (Phi) is 10.9. The summed E-state index contributed by atoms with van der Waals surface area (Å²) >= 11 is 0. The van der Waals surface area contributed by atoms with Crippen LogP contribution in [0.4, 0.5) is 0 Å². The number of aliphatic hydroxyl groups is 2. The quantitative estimate of drug-likeness (QED) is 0.461. The number of aliphatic hydroxyl groups excluding tert-OH is 2. The van der Waals surface area contributed by atoms with Crippen LogP contribution in [0.5, 0.6) is 23.0 Å². The van der Waals surface area contributed by atoms with E-state index in [1.54, 1.807) is 35.4 Å². The standard InChI is InChI=1S/C15H24O3.C14H22O3/c1-7-11(16)14-12(17-5)8-10(15(2,3)4)9-13(14)18-6;1-9(15)13-11(16-5)7-10(14(2,3)4)8-12(13)17-6/h8-9,11,16H,7H2,1-6H3;7-9,15H,1-6H3. The van der Waals surface area contributed by atoms with Crippen molar-refractivity contribution in [3.8, 4) is 23.0 Å². The fourth-order valence-corrected chi connectivity index (χ4v) is 3.69. The van der Waals surface area contributed by atoms with Gasteiger partial charge in [-0.15, -0.1) is 0 Å². The van der Waals surface area contributed by atoms with Crippen molar-refractivity contribution in [2.24, 2.45) is 0 Å². The minimum Gasteiger partial charge on any atom is -0.496 e. The van der Waals surface area contributed by atoms with E-state index in [0.717, 1.165) is 16.7 Å². The van der Waals surface area contributed by atoms with E-state index in [0.29, 0.717) is 35.0 Å². The predicted octanol–water partition coefficient (Wildman–Crippen LogP) is 6.50. The summed E-state index contributed by atoms with van der Waals surface area (Å²) in [4.78, 5) is 0. The van der Waals surface area contributed by atoms with Gasteiger partial charge in [-0.2, -0.15) is 0 Å². The highest BCUT2D eigenvalue weighted by atomic mass is 16.5. The average Bonchev–Trinajstić information content (AvgIpc) is 2.80. The third-order valence-electron chi connectivity index (χ3n) is 5.96. The van der Waals surface area contributed by atoms with Crippen LogP contribution >= 0.6 is 0 Å². The molecule has 0 aromatic heterocycles. The number of hydrogen-bond acceptors (Lipinski definition) is 6. The molecule has 0 saturated heterocycles. The fourth-order valence-electron chi connectivity index (χ4n) is 3.69. The highest BCUT2D eigenvalue weighted by Gasteiger charge is 2.24. The van der Waals surface area contributed by atoms with Crippen LogP contribution in [0.15, 0.2) is 24.3 Å². The van der Waals surface area contributed by atoms with Gasteiger partial charge in [-0.05, 0) is 59.6 Å². The highest BCUT2D eigenvalue weighted by molar-refractivity contribution is 5.52. The van der Waals surface area contributed by atoms with Crippen molar-refractivity contribution in [2.75, 3.05) is 28.4 Å². The summed E-state index contributed by atoms with van der Waals surface area (Å²) < 4.78 is 21.5. The van der Waals surface area contributed by atoms with E-state index < -0.39 is 12.2 Å². The lowest BCUT2D eigenvalue weighted by Crippen LogP contribution is -2.13. The van der Waals surface area contributed by atoms with Crippen molar-refractivity contribution < 1.29 is 29.2 Å². The number of ether oxygens (including phenoxy) is 4. The second kappa shape index (κ2) is 12.5. The van der Waals surface area contributed by atoms with Crippen LogP contribution in [-0.2, 0) is 10.8 Å². The Hall–Kier alpha value is -2.44. The molecule has 6 nitrogen and oxygen atoms in total. The number of hydrogen-bond donors (Lipinski definition) is 2. The molecule has 0 fully saturated rings. The zero-order valence-corrected chi connectivity index (χ0v) is 23.7. The van der Waals surface area contributed by atoms with Gasteiger partial charge in [-0.3, -0.25) is 0 Å². The van der Waals surface area contributed by atoms with Crippen molar-refractivity contribution in [3.05, 3.63) is 46.5 Å². The smallest absolute Gasteiger partial charge is 0.128 e. The number of benzene rings is 2. The van der Waals surface area contributed by atoms with Gasteiger partial charge in [-0.25, -0.2) is 0 Å². The first-order valence-corrected chi connectivity index (χ1v) is 12.0. The molecule has 0 saturated carbocycles. The molecule has 198 valence electrons. The van der Waals surface area contributed by atoms with E-state index in [1.807, 2.05) is 31.2 Å². The van der Waals surface area contributed by atoms with E-state index in [9.17, 15) is 10.2 Å². The van der Waals surface area contributed by atoms with Gasteiger partial charge in [0.05, 0.1) is 51.8 Å². The predicted molar refractivity (Wildman–Crippen MR) is 142 cm³/mol. The van der Waals surface area contributed by atoms with E-state index in [-0.39, 0.29) is 10.8 Å². The minimum atomic E-state index is -0.617. The SMILES string of the molecule is CCC(O)c1c(OC)cc(C(C)(C)C)cc1OC.COc1cc(C(C)(C)C)cc(OC)c1C(C)O. The van der Waals surface area contributed by atoms with E-state index in [4.69, 9.17) is 18.9 Å². The molecule has 2 aromatic rings. The molecule has 35 heavy (non-hydrogen) atoms. The summed E-state index contributed by atoms with van der Waals surface area (Å²) in [6, 6.07) is 7.89. The molecule has 2 rings (SSSR count). The molecule has 0 spiro atoms. The second-order valence-corrected chi connectivity index (χ2v) is 10.7. The maximum atomic E-state index is 10.1. The van der Waals surface area contributed by atoms with Crippen molar-refractivity contribution >= 4 is 0 Å². The Morgan fingerprint density at radius 1 is 0.629 bits per heavy atom. The van der Waals surface area contributed by atoms with Crippen molar-refractivity contribution in [3.63, 3.8) is 0 Å². The lowest BCUT2D eigenvalue weighted by atomic mass is 9.85. The van der Waals surface area contributed by atoms with Crippen LogP contribution in [0.3, 0.4) is 0 Å². The second-order valence-electron chi connectivity index (χ2n) is 10.7. The van der Waals surface area contributed by atoms with Crippen LogP contribution in [0.25, 0.3) is 0 Å². The largest absolute Gasteiger partial charge is 0.496 e. The fraction of sp³-hybridized carbons (Fsp3) is 0.586. The number of methoxy groups -OCH3 is 4. The van der Waals surface area contributed by atoms with Crippen LogP contribution in [0.1, 0.15) is 96.3 Å². The van der Waals surface area contributed by atoms with Gasteiger partial charge in [0.1, 0.15) is 23.0 Å². The Bertz CT molecular complexity index is 901. The summed E-state index contributed by atoms with van der Waals surface area (Å²) in [5, 5.41) is 19.9. The molecule has 0 bridgehead atoms. The topological polar surface area (TPSA) is 77.4 Å². The normalized spacial score (nSPS) is 13.3. The van der Waals surface area contributed by atoms with Gasteiger partial charge < -0.3 is 29.2 Å². The average molecular weight is 491 g/mol. The van der Waals surface area contributed by atoms with Crippen LogP contribution in [0.2, 0.25) is 0 Å². The Labute approximate surface area is 212 Å². The molecule has 0 aliphatic heterocycles. The summed E-state index contributed by atoms with van der Waals surface area (Å²) in [5.41, 5.74) is 3.70. The summed E-state index contributed by atoms with van der Waals surface area (Å²) in [5.74, 6) is 2.72. The Morgan fingerprint density at radius 2 is 0.914 bits per heavy atom. The first-order chi connectivity index (χ1) is 16.2. The zero-order valence-electron chi connectivity index (χ0n) is 23.7. The molecule has 0 aliphatic carbocycles. The van der Waals surface area contributed by atoms with Crippen LogP contribution < -0.4 is 18.9 Å². The van der Waals surface area contributed by atoms with Gasteiger partial charge in [0.25, 0.3) is 0 Å². The zero-order chi connectivity index (χ0) is 27.1. The minimum absolute atomic E-state index is 0.0102. The van der Waals surface area contributed by atoms with Crippen molar-refractivity contribution in [2.45, 2.75) is 84.8 Å². The van der Waals surface area contributed by atoms with Crippen molar-refractivity contribution in [1.82, 2.24) is 0 Å². The summed E-state index contributed by atoms with van der Waals surface area (Å²) in [6.07, 6.45) is -0.556. The highest BCUT2D eigenvalue weighted by Crippen LogP contribution is 2.40. The summed E-state index contributed by atoms with van der Waals surface area (Å²) in [6.45, 7) is 16.4. The van der Waals surface area contributed by atoms with Crippen LogP contribution in [0, 0.1) is 0 Å². The molecule has 2 atom stereocenters. The molecular weight excluding hydrogens is 444 g/mol. The Balaban J connectivity index is 0.000000351. The summed E-state index contributed by atoms with van der Waals surface area (Å²) in [7, 11) is 6.44. The van der Waals surface area contributed by atoms with E-state index in [2.05, 4.69) is 41.5 Å². The molecule has 0 radical (unpaired) electrons. The van der Waals surface area contributed by atoms with Gasteiger partial charge >= 0.3 is 0 Å². The monoisotopic (exact) mass is 490 g/mol. The molecule has 0 aliphatic rings. The van der Waals surface area contributed by atoms with E-state index >= 15 is 0 Å². The van der Waals surface area contributed by atoms with E-state index in [1.165, 1.54) is 0 Å². The molecular formula is C29H46O6. The third kappa shape index (κ3) is 7.77. The van der Waals surface area contributed by atoms with Crippen molar-refractivity contribution in [1.29, 1.82) is 0 Å². The molecule has 2 unspecified atom stereocenters. The van der Waals surface area contributed by atoms with Gasteiger partial charge in [0.15, 0.2) is 0 Å². The molecule has 0 heterocycles. The first-order valence-electron chi connectivity index (χ1n) is 12.0. The van der Waals surface area contributed by atoms with Crippen LogP contribution in [-0.4, -0.2) is 38.7 Å². The van der Waals surface area contributed by atoms with Gasteiger partial charge in [0, 0.05) is 0 Å². The number of rotatable bonds is 7. The lowest BCUT2D eigenvalue weighted by molar-refractivity contribution is 0.164. The molecule has 2 N–H and O–H groups in total. The maximum absolute atomic E-state index is 10.1. The van der Waals surface area contributed by atoms with Gasteiger partial charge in [-0.1, -0.05) is 48.5 Å². The molecule has 0 amide bonds. The Morgan fingerprint density at radius 3 is 1.11 bits per heavy atom.